The second-order valence-electron chi connectivity index (χ2n) is 13.2. The van der Waals surface area contributed by atoms with Gasteiger partial charge < -0.3 is 109 Å². The van der Waals surface area contributed by atoms with E-state index in [1.54, 1.807) is 7.05 Å². The molecule has 20 atom stereocenters. The number of hydrogen-bond donors (Lipinski definition) is 15. The van der Waals surface area contributed by atoms with Crippen LogP contribution in [-0.2, 0) is 33.2 Å². The first kappa shape index (κ1) is 41.4. The molecule has 1 aliphatic carbocycles. The first-order valence-corrected chi connectivity index (χ1v) is 16.6. The van der Waals surface area contributed by atoms with Gasteiger partial charge in [-0.1, -0.05) is 0 Å². The normalized spacial score (nSPS) is 46.8. The van der Waals surface area contributed by atoms with Gasteiger partial charge in [0.2, 0.25) is 0 Å². The summed E-state index contributed by atoms with van der Waals surface area (Å²) in [7, 11) is 1.66. The van der Waals surface area contributed by atoms with E-state index >= 15 is 0 Å². The van der Waals surface area contributed by atoms with Crippen molar-refractivity contribution in [3.63, 3.8) is 0 Å². The molecule has 3 aliphatic heterocycles. The Morgan fingerprint density at radius 1 is 0.780 bits per heavy atom. The lowest BCUT2D eigenvalue weighted by Crippen LogP contribution is -2.67. The quantitative estimate of drug-likeness (QED) is 0.0789. The van der Waals surface area contributed by atoms with Gasteiger partial charge in [-0.25, -0.2) is 0 Å². The van der Waals surface area contributed by atoms with Crippen LogP contribution in [0.4, 0.5) is 0 Å². The van der Waals surface area contributed by atoms with Crippen LogP contribution in [0.3, 0.4) is 0 Å². The lowest BCUT2D eigenvalue weighted by Gasteiger charge is -2.47. The summed E-state index contributed by atoms with van der Waals surface area (Å²) >= 11 is 0. The zero-order valence-corrected chi connectivity index (χ0v) is 27.6. The van der Waals surface area contributed by atoms with Crippen LogP contribution in [0.2, 0.25) is 0 Å². The fourth-order valence-electron chi connectivity index (χ4n) is 6.58. The predicted molar refractivity (Wildman–Crippen MR) is 167 cm³/mol. The van der Waals surface area contributed by atoms with E-state index in [9.17, 15) is 45.6 Å². The van der Waals surface area contributed by atoms with Gasteiger partial charge in [-0.3, -0.25) is 4.79 Å². The molecule has 1 amide bonds. The fourth-order valence-corrected chi connectivity index (χ4v) is 6.58. The van der Waals surface area contributed by atoms with Gasteiger partial charge in [0.05, 0.1) is 36.9 Å². The highest BCUT2D eigenvalue weighted by molar-refractivity contribution is 5.81. The Bertz CT molecular complexity index is 1070. The van der Waals surface area contributed by atoms with Gasteiger partial charge in [-0.2, -0.15) is 0 Å². The van der Waals surface area contributed by atoms with Crippen LogP contribution < -0.4 is 39.3 Å². The summed E-state index contributed by atoms with van der Waals surface area (Å²) in [5.74, 6) is -1.06. The number of hydrogen-bond acceptors (Lipinski definition) is 21. The fraction of sp³-hybridized carbons (Fsp3) is 0.964. The number of aliphatic hydroxyl groups is 8. The summed E-state index contributed by atoms with van der Waals surface area (Å²) in [6.45, 7) is -1.08. The molecule has 20 N–H and O–H groups in total. The van der Waals surface area contributed by atoms with Gasteiger partial charge in [0, 0.05) is 25.7 Å². The van der Waals surface area contributed by atoms with Crippen LogP contribution in [-0.4, -0.2) is 202 Å². The molecule has 0 radical (unpaired) electrons. The SMILES string of the molecule is CNC[C@H]1O[C@H](O[C@H]2[C@H](O[C@@H]3O[C@H](CO)[C@@H](O[C@H]4O[C@@H](CN)[C@@H](O)[C@H](O)[C@H]4N)[C@H]3O)[C@@H](O)[C@H](NC(=O)C(O)[C@H](O)CN)C[C@@H]2N)[C@H](N)C[C@@H]1O. The smallest absolute Gasteiger partial charge is 0.251 e. The highest BCUT2D eigenvalue weighted by atomic mass is 16.8. The van der Waals surface area contributed by atoms with Gasteiger partial charge in [-0.15, -0.1) is 0 Å². The summed E-state index contributed by atoms with van der Waals surface area (Å²) < 4.78 is 35.4. The Hall–Kier alpha value is -1.33. The van der Waals surface area contributed by atoms with Gasteiger partial charge >= 0.3 is 0 Å². The second kappa shape index (κ2) is 18.1. The molecule has 0 spiro atoms. The maximum Gasteiger partial charge on any atom is 0.251 e. The van der Waals surface area contributed by atoms with Crippen LogP contribution in [0.5, 0.6) is 0 Å². The van der Waals surface area contributed by atoms with Crippen molar-refractivity contribution < 1.29 is 74.1 Å². The second-order valence-corrected chi connectivity index (χ2v) is 13.2. The zero-order valence-electron chi connectivity index (χ0n) is 27.6. The summed E-state index contributed by atoms with van der Waals surface area (Å²) in [5.41, 5.74) is 29.8. The third-order valence-corrected chi connectivity index (χ3v) is 9.55. The Kier molecular flexibility index (Phi) is 15.0. The number of aliphatic hydroxyl groups excluding tert-OH is 8. The van der Waals surface area contributed by atoms with Crippen molar-refractivity contribution in [1.29, 1.82) is 0 Å². The van der Waals surface area contributed by atoms with Crippen LogP contribution >= 0.6 is 0 Å². The average molecular weight is 730 g/mol. The molecule has 4 fully saturated rings. The van der Waals surface area contributed by atoms with Gasteiger partial charge in [0.25, 0.3) is 5.91 Å². The van der Waals surface area contributed by atoms with E-state index in [4.69, 9.17) is 57.1 Å². The molecule has 4 rings (SSSR count). The van der Waals surface area contributed by atoms with E-state index in [0.29, 0.717) is 0 Å². The van der Waals surface area contributed by atoms with E-state index < -0.39 is 141 Å². The molecule has 1 unspecified atom stereocenters. The largest absolute Gasteiger partial charge is 0.394 e. The lowest BCUT2D eigenvalue weighted by molar-refractivity contribution is -0.296. The standard InChI is InChI=1S/C28H55N7O15/c1-34-6-14-11(37)3-9(32)26(46-14)48-22-8(31)2-10(35-25(44)18(40)12(38)4-29)17(39)24(22)50-28-21(43)23(15(7-36)47-28)49-27-16(33)20(42)19(41)13(5-30)45-27/h8-24,26-28,34,36-43H,2-7,29-33H2,1H3,(H,35,44)/t8-,9+,10+,11-,12+,13-,14+,15+,16+,17-,18?,19+,20+,21+,22+,23+,24+,26+,27+,28-/m0/s1. The third kappa shape index (κ3) is 9.06. The molecule has 0 bridgehead atoms. The molecule has 3 saturated heterocycles. The zero-order chi connectivity index (χ0) is 37.0. The van der Waals surface area contributed by atoms with Gasteiger partial charge in [-0.05, 0) is 19.9 Å². The molecule has 50 heavy (non-hydrogen) atoms. The number of amides is 1. The highest BCUT2D eigenvalue weighted by Gasteiger charge is 2.54. The molecular weight excluding hydrogens is 674 g/mol. The van der Waals surface area contributed by atoms with Crippen molar-refractivity contribution in [1.82, 2.24) is 10.6 Å². The molecular formula is C28H55N7O15. The Labute approximate surface area is 288 Å². The van der Waals surface area contributed by atoms with Crippen molar-refractivity contribution in [3.05, 3.63) is 0 Å². The van der Waals surface area contributed by atoms with E-state index in [0.717, 1.165) is 0 Å². The summed E-state index contributed by atoms with van der Waals surface area (Å²) in [6.07, 6.45) is -22.2. The van der Waals surface area contributed by atoms with Crippen molar-refractivity contribution in [2.24, 2.45) is 28.7 Å². The monoisotopic (exact) mass is 729 g/mol. The summed E-state index contributed by atoms with van der Waals surface area (Å²) in [5, 5.41) is 89.4. The van der Waals surface area contributed by atoms with E-state index in [1.807, 2.05) is 0 Å². The Balaban J connectivity index is 1.56. The van der Waals surface area contributed by atoms with Crippen LogP contribution in [0.1, 0.15) is 12.8 Å². The van der Waals surface area contributed by atoms with Gasteiger partial charge in [0.1, 0.15) is 61.0 Å². The van der Waals surface area contributed by atoms with Crippen molar-refractivity contribution in [2.75, 3.05) is 33.3 Å². The highest BCUT2D eigenvalue weighted by Crippen LogP contribution is 2.34. The Morgan fingerprint density at radius 3 is 2.02 bits per heavy atom. The first-order valence-electron chi connectivity index (χ1n) is 16.6. The molecule has 0 aromatic carbocycles. The number of nitrogens with two attached hydrogens (primary N) is 5. The molecule has 0 aromatic heterocycles. The third-order valence-electron chi connectivity index (χ3n) is 9.55. The number of likely N-dealkylation sites (N-methyl/N-ethyl adjacent to an activating group) is 1. The number of ether oxygens (including phenoxy) is 6. The molecule has 292 valence electrons. The molecule has 0 aromatic rings. The Morgan fingerprint density at radius 2 is 1.40 bits per heavy atom. The minimum atomic E-state index is -1.93. The van der Waals surface area contributed by atoms with E-state index in [1.165, 1.54) is 0 Å². The topological polar surface area (TPSA) is 388 Å². The average Bonchev–Trinajstić information content (AvgIpc) is 3.39. The number of carbonyl (C=O) groups is 1. The lowest BCUT2D eigenvalue weighted by atomic mass is 9.83. The van der Waals surface area contributed by atoms with Crippen LogP contribution in [0, 0.1) is 0 Å². The number of nitrogens with one attached hydrogen (secondary N) is 2. The van der Waals surface area contributed by atoms with Crippen molar-refractivity contribution in [2.45, 2.75) is 135 Å². The molecule has 3 heterocycles. The molecule has 1 saturated carbocycles. The summed E-state index contributed by atoms with van der Waals surface area (Å²) in [4.78, 5) is 12.7. The number of rotatable bonds is 14. The van der Waals surface area contributed by atoms with Crippen LogP contribution in [0.15, 0.2) is 0 Å². The van der Waals surface area contributed by atoms with Crippen molar-refractivity contribution in [3.8, 4) is 0 Å². The number of carbonyl (C=O) groups excluding carboxylic acids is 1. The van der Waals surface area contributed by atoms with Crippen LogP contribution in [0.25, 0.3) is 0 Å². The van der Waals surface area contributed by atoms with E-state index in [-0.39, 0.29) is 25.9 Å². The predicted octanol–water partition coefficient (Wildman–Crippen LogP) is -9.77. The van der Waals surface area contributed by atoms with Crippen molar-refractivity contribution >= 4 is 5.91 Å². The first-order chi connectivity index (χ1) is 23.7. The minimum absolute atomic E-state index is 0.0941. The maximum atomic E-state index is 12.7. The molecule has 22 heteroatoms. The summed E-state index contributed by atoms with van der Waals surface area (Å²) in [6, 6.07) is -4.36. The van der Waals surface area contributed by atoms with E-state index in [2.05, 4.69) is 10.6 Å². The maximum absolute atomic E-state index is 12.7. The molecule has 4 aliphatic rings. The molecule has 22 nitrogen and oxygen atoms in total. The minimum Gasteiger partial charge on any atom is -0.394 e. The van der Waals surface area contributed by atoms with Gasteiger partial charge in [0.15, 0.2) is 25.0 Å².